The fraction of sp³-hybridized carbons (Fsp3) is 0.611. The molecule has 1 aromatic carbocycles. The number of sulfone groups is 1. The number of hydrogen-bond donors (Lipinski definition) is 0. The number of nitrogens with zero attached hydrogens (tertiary/aromatic N) is 1. The Balaban J connectivity index is 1.75. The molecule has 3 rings (SSSR count). The van der Waals surface area contributed by atoms with Crippen LogP contribution in [0.3, 0.4) is 0 Å². The van der Waals surface area contributed by atoms with Crippen LogP contribution in [0.25, 0.3) is 0 Å². The first-order valence-corrected chi connectivity index (χ1v) is 10.3. The second kappa shape index (κ2) is 6.84. The fourth-order valence-electron chi connectivity index (χ4n) is 3.62. The lowest BCUT2D eigenvalue weighted by Crippen LogP contribution is -2.49. The number of morpholine rings is 1. The number of carbonyl (C=O) groups is 1. The quantitative estimate of drug-likeness (QED) is 0.835. The van der Waals surface area contributed by atoms with E-state index in [9.17, 15) is 13.2 Å². The van der Waals surface area contributed by atoms with E-state index in [1.54, 1.807) is 17.0 Å². The number of fused-ring (bicyclic) bond motifs is 1. The smallest absolute Gasteiger partial charge is 0.238 e. The van der Waals surface area contributed by atoms with Gasteiger partial charge in [0.15, 0.2) is 9.84 Å². The van der Waals surface area contributed by atoms with Gasteiger partial charge in [0.2, 0.25) is 5.91 Å². The minimum absolute atomic E-state index is 0.0656. The Bertz CT molecular complexity index is 719. The normalized spacial score (nSPS) is 24.5. The maximum absolute atomic E-state index is 12.7. The highest BCUT2D eigenvalue weighted by Crippen LogP contribution is 2.25. The van der Waals surface area contributed by atoms with Gasteiger partial charge in [-0.1, -0.05) is 6.07 Å². The molecule has 1 aliphatic heterocycles. The molecule has 1 aromatic rings. The van der Waals surface area contributed by atoms with Crippen LogP contribution in [0.15, 0.2) is 23.1 Å². The van der Waals surface area contributed by atoms with E-state index < -0.39 is 15.6 Å². The van der Waals surface area contributed by atoms with Crippen LogP contribution in [0.4, 0.5) is 0 Å². The van der Waals surface area contributed by atoms with E-state index in [-0.39, 0.29) is 23.0 Å². The second-order valence-electron chi connectivity index (χ2n) is 6.95. The number of amides is 1. The van der Waals surface area contributed by atoms with Crippen LogP contribution >= 0.6 is 0 Å². The average Bonchev–Trinajstić information content (AvgIpc) is 2.53. The highest BCUT2D eigenvalue weighted by molar-refractivity contribution is 7.92. The predicted molar refractivity (Wildman–Crippen MR) is 91.7 cm³/mol. The summed E-state index contributed by atoms with van der Waals surface area (Å²) in [6, 6.07) is 5.32. The first-order valence-electron chi connectivity index (χ1n) is 8.63. The van der Waals surface area contributed by atoms with E-state index in [0.717, 1.165) is 31.2 Å². The van der Waals surface area contributed by atoms with Gasteiger partial charge in [0.05, 0.1) is 17.1 Å². The van der Waals surface area contributed by atoms with Gasteiger partial charge in [-0.05, 0) is 62.8 Å². The SMILES string of the molecule is CC1CN(C(=O)CS(=O)(=O)c2ccc3c(c2)CCCC3)CC(C)O1. The molecule has 1 saturated heterocycles. The van der Waals surface area contributed by atoms with Crippen molar-refractivity contribution in [1.29, 1.82) is 0 Å². The van der Waals surface area contributed by atoms with Crippen molar-refractivity contribution in [1.82, 2.24) is 4.90 Å². The average molecular weight is 351 g/mol. The molecule has 0 bridgehead atoms. The summed E-state index contributed by atoms with van der Waals surface area (Å²) in [5, 5.41) is 0. The summed E-state index contributed by atoms with van der Waals surface area (Å²) in [6.45, 7) is 4.69. The van der Waals surface area contributed by atoms with Gasteiger partial charge in [-0.2, -0.15) is 0 Å². The van der Waals surface area contributed by atoms with E-state index in [4.69, 9.17) is 4.74 Å². The molecule has 6 heteroatoms. The van der Waals surface area contributed by atoms with Crippen molar-refractivity contribution < 1.29 is 17.9 Å². The Morgan fingerprint density at radius 2 is 1.75 bits per heavy atom. The van der Waals surface area contributed by atoms with Crippen molar-refractivity contribution in [3.05, 3.63) is 29.3 Å². The summed E-state index contributed by atoms with van der Waals surface area (Å²) in [4.78, 5) is 14.3. The largest absolute Gasteiger partial charge is 0.372 e. The minimum Gasteiger partial charge on any atom is -0.372 e. The van der Waals surface area contributed by atoms with Crippen molar-refractivity contribution in [3.63, 3.8) is 0 Å². The Kier molecular flexibility index (Phi) is 4.97. The molecule has 1 heterocycles. The zero-order valence-corrected chi connectivity index (χ0v) is 15.1. The summed E-state index contributed by atoms with van der Waals surface area (Å²) in [5.41, 5.74) is 2.35. The van der Waals surface area contributed by atoms with Crippen LogP contribution < -0.4 is 0 Å². The highest BCUT2D eigenvalue weighted by Gasteiger charge is 2.29. The second-order valence-corrected chi connectivity index (χ2v) is 8.94. The first-order chi connectivity index (χ1) is 11.3. The van der Waals surface area contributed by atoms with Crippen LogP contribution in [-0.4, -0.2) is 50.3 Å². The standard InChI is InChI=1S/C18H25NO4S/c1-13-10-19(11-14(2)23-13)18(20)12-24(21,22)17-8-7-15-5-3-4-6-16(15)9-17/h7-9,13-14H,3-6,10-12H2,1-2H3. The zero-order valence-electron chi connectivity index (χ0n) is 14.3. The summed E-state index contributed by atoms with van der Waals surface area (Å²) in [7, 11) is -3.61. The lowest BCUT2D eigenvalue weighted by molar-refractivity contribution is -0.140. The summed E-state index contributed by atoms with van der Waals surface area (Å²) in [5.74, 6) is -0.805. The molecular weight excluding hydrogens is 326 g/mol. The van der Waals surface area contributed by atoms with E-state index in [1.165, 1.54) is 5.56 Å². The Labute approximate surface area is 143 Å². The van der Waals surface area contributed by atoms with Crippen LogP contribution in [-0.2, 0) is 32.2 Å². The van der Waals surface area contributed by atoms with E-state index in [0.29, 0.717) is 13.1 Å². The Hall–Kier alpha value is -1.40. The van der Waals surface area contributed by atoms with Gasteiger partial charge >= 0.3 is 0 Å². The number of hydrogen-bond acceptors (Lipinski definition) is 4. The van der Waals surface area contributed by atoms with Crippen LogP contribution in [0.2, 0.25) is 0 Å². The van der Waals surface area contributed by atoms with Gasteiger partial charge in [-0.15, -0.1) is 0 Å². The van der Waals surface area contributed by atoms with E-state index >= 15 is 0 Å². The summed E-state index contributed by atoms with van der Waals surface area (Å²) >= 11 is 0. The molecule has 0 spiro atoms. The van der Waals surface area contributed by atoms with Gasteiger partial charge in [0.25, 0.3) is 0 Å². The van der Waals surface area contributed by atoms with Crippen molar-refractivity contribution in [2.45, 2.75) is 56.6 Å². The number of rotatable bonds is 3. The first kappa shape index (κ1) is 17.4. The monoisotopic (exact) mass is 351 g/mol. The van der Waals surface area contributed by atoms with Crippen LogP contribution in [0.5, 0.6) is 0 Å². The molecule has 132 valence electrons. The third-order valence-corrected chi connectivity index (χ3v) is 6.36. The molecule has 1 amide bonds. The van der Waals surface area contributed by atoms with Crippen molar-refractivity contribution in [2.75, 3.05) is 18.8 Å². The van der Waals surface area contributed by atoms with Crippen molar-refractivity contribution >= 4 is 15.7 Å². The summed E-state index contributed by atoms with van der Waals surface area (Å²) in [6.07, 6.45) is 4.06. The van der Waals surface area contributed by atoms with E-state index in [2.05, 4.69) is 0 Å². The van der Waals surface area contributed by atoms with Gasteiger partial charge in [0, 0.05) is 13.1 Å². The number of aryl methyl sites for hydroxylation is 2. The lowest BCUT2D eigenvalue weighted by Gasteiger charge is -2.35. The molecule has 2 unspecified atom stereocenters. The Morgan fingerprint density at radius 3 is 2.42 bits per heavy atom. The summed E-state index contributed by atoms with van der Waals surface area (Å²) < 4.78 is 30.9. The number of ether oxygens (including phenoxy) is 1. The number of carbonyl (C=O) groups excluding carboxylic acids is 1. The number of benzene rings is 1. The molecule has 1 aliphatic carbocycles. The maximum atomic E-state index is 12.7. The minimum atomic E-state index is -3.61. The Morgan fingerprint density at radius 1 is 1.12 bits per heavy atom. The van der Waals surface area contributed by atoms with Crippen molar-refractivity contribution in [2.24, 2.45) is 0 Å². The molecule has 5 nitrogen and oxygen atoms in total. The highest BCUT2D eigenvalue weighted by atomic mass is 32.2. The van der Waals surface area contributed by atoms with Gasteiger partial charge in [-0.25, -0.2) is 8.42 Å². The molecule has 24 heavy (non-hydrogen) atoms. The van der Waals surface area contributed by atoms with Crippen LogP contribution in [0, 0.1) is 0 Å². The van der Waals surface area contributed by atoms with E-state index in [1.807, 2.05) is 19.9 Å². The predicted octanol–water partition coefficient (Wildman–Crippen LogP) is 1.97. The van der Waals surface area contributed by atoms with Crippen LogP contribution in [0.1, 0.15) is 37.8 Å². The third-order valence-electron chi connectivity index (χ3n) is 4.76. The topological polar surface area (TPSA) is 63.7 Å². The fourth-order valence-corrected chi connectivity index (χ4v) is 4.89. The van der Waals surface area contributed by atoms with Crippen molar-refractivity contribution in [3.8, 4) is 0 Å². The molecule has 2 atom stereocenters. The lowest BCUT2D eigenvalue weighted by atomic mass is 9.92. The van der Waals surface area contributed by atoms with Gasteiger partial charge in [0.1, 0.15) is 5.75 Å². The van der Waals surface area contributed by atoms with Gasteiger partial charge < -0.3 is 9.64 Å². The molecule has 0 radical (unpaired) electrons. The molecule has 0 saturated carbocycles. The van der Waals surface area contributed by atoms with Gasteiger partial charge in [-0.3, -0.25) is 4.79 Å². The third kappa shape index (κ3) is 3.81. The molecule has 0 aromatic heterocycles. The molecule has 2 aliphatic rings. The molecular formula is C18H25NO4S. The maximum Gasteiger partial charge on any atom is 0.238 e. The zero-order chi connectivity index (χ0) is 17.3. The molecule has 0 N–H and O–H groups in total. The molecule has 1 fully saturated rings.